The van der Waals surface area contributed by atoms with Crippen molar-refractivity contribution in [3.05, 3.63) is 50.4 Å². The highest BCUT2D eigenvalue weighted by Gasteiger charge is 2.17. The van der Waals surface area contributed by atoms with Crippen LogP contribution in [0.5, 0.6) is 5.75 Å². The van der Waals surface area contributed by atoms with Gasteiger partial charge >= 0.3 is 0 Å². The van der Waals surface area contributed by atoms with Gasteiger partial charge in [-0.15, -0.1) is 11.3 Å². The van der Waals surface area contributed by atoms with E-state index in [0.717, 1.165) is 9.35 Å². The van der Waals surface area contributed by atoms with Crippen molar-refractivity contribution in [3.63, 3.8) is 0 Å². The number of rotatable bonds is 5. The normalized spacial score (nSPS) is 12.4. The summed E-state index contributed by atoms with van der Waals surface area (Å²) in [6.45, 7) is 0. The van der Waals surface area contributed by atoms with Crippen LogP contribution in [0.25, 0.3) is 0 Å². The predicted molar refractivity (Wildman–Crippen MR) is 78.7 cm³/mol. The number of halogens is 2. The molecule has 6 heteroatoms. The molecule has 0 radical (unpaired) electrons. The average Bonchev–Trinajstić information content (AvgIpc) is 2.81. The second-order valence-corrected chi connectivity index (χ2v) is 5.86. The molecular formula is C13H14BrFN2OS. The van der Waals surface area contributed by atoms with Crippen molar-refractivity contribution in [2.45, 2.75) is 12.5 Å². The lowest BCUT2D eigenvalue weighted by atomic mass is 10.0. The van der Waals surface area contributed by atoms with E-state index in [2.05, 4.69) is 21.4 Å². The Morgan fingerprint density at radius 3 is 2.79 bits per heavy atom. The minimum absolute atomic E-state index is 0.277. The maximum Gasteiger partial charge on any atom is 0.131 e. The van der Waals surface area contributed by atoms with Gasteiger partial charge in [0, 0.05) is 27.4 Å². The highest BCUT2D eigenvalue weighted by molar-refractivity contribution is 9.10. The molecule has 1 heterocycles. The molecule has 0 aliphatic rings. The van der Waals surface area contributed by atoms with Crippen molar-refractivity contribution in [3.8, 4) is 5.75 Å². The number of hydrazine groups is 1. The van der Waals surface area contributed by atoms with Crippen LogP contribution in [-0.2, 0) is 6.42 Å². The zero-order chi connectivity index (χ0) is 13.8. The number of benzene rings is 1. The van der Waals surface area contributed by atoms with Gasteiger partial charge in [0.05, 0.1) is 13.2 Å². The first-order valence-corrected chi connectivity index (χ1v) is 7.34. The maximum atomic E-state index is 14.0. The number of thiophene rings is 1. The Balaban J connectivity index is 2.24. The summed E-state index contributed by atoms with van der Waals surface area (Å²) < 4.78 is 20.0. The highest BCUT2D eigenvalue weighted by Crippen LogP contribution is 2.29. The number of nitrogens with two attached hydrogens (primary N) is 1. The molecule has 1 aromatic heterocycles. The second-order valence-electron chi connectivity index (χ2n) is 4.00. The molecule has 0 fully saturated rings. The number of nitrogens with one attached hydrogen (secondary N) is 1. The van der Waals surface area contributed by atoms with Crippen molar-refractivity contribution in [2.24, 2.45) is 5.84 Å². The van der Waals surface area contributed by atoms with Gasteiger partial charge in [0.2, 0.25) is 0 Å². The molecule has 1 unspecified atom stereocenters. The molecule has 1 aromatic carbocycles. The van der Waals surface area contributed by atoms with E-state index < -0.39 is 0 Å². The van der Waals surface area contributed by atoms with Crippen molar-refractivity contribution >= 4 is 27.3 Å². The fourth-order valence-corrected chi connectivity index (χ4v) is 3.39. The van der Waals surface area contributed by atoms with E-state index in [4.69, 9.17) is 10.6 Å². The Bertz CT molecular complexity index is 561. The van der Waals surface area contributed by atoms with Gasteiger partial charge in [-0.2, -0.15) is 0 Å². The molecule has 0 saturated heterocycles. The van der Waals surface area contributed by atoms with Crippen molar-refractivity contribution in [1.29, 1.82) is 0 Å². The average molecular weight is 345 g/mol. The van der Waals surface area contributed by atoms with Crippen LogP contribution in [0.1, 0.15) is 16.5 Å². The molecule has 102 valence electrons. The largest absolute Gasteiger partial charge is 0.497 e. The van der Waals surface area contributed by atoms with Crippen LogP contribution in [0, 0.1) is 5.82 Å². The molecule has 0 aliphatic heterocycles. The molecule has 3 N–H and O–H groups in total. The lowest BCUT2D eigenvalue weighted by Crippen LogP contribution is -2.30. The predicted octanol–water partition coefficient (Wildman–Crippen LogP) is 3.41. The van der Waals surface area contributed by atoms with Gasteiger partial charge in [0.1, 0.15) is 11.6 Å². The molecule has 0 amide bonds. The van der Waals surface area contributed by atoms with Crippen LogP contribution in [0.15, 0.2) is 34.1 Å². The number of hydrogen-bond acceptors (Lipinski definition) is 4. The molecule has 3 nitrogen and oxygen atoms in total. The van der Waals surface area contributed by atoms with Crippen LogP contribution in [0.2, 0.25) is 0 Å². The zero-order valence-corrected chi connectivity index (χ0v) is 12.7. The van der Waals surface area contributed by atoms with E-state index in [9.17, 15) is 4.39 Å². The monoisotopic (exact) mass is 344 g/mol. The summed E-state index contributed by atoms with van der Waals surface area (Å²) in [5.74, 6) is 5.72. The first-order chi connectivity index (χ1) is 9.15. The van der Waals surface area contributed by atoms with Crippen molar-refractivity contribution in [1.82, 2.24) is 5.43 Å². The van der Waals surface area contributed by atoms with Gasteiger partial charge in [-0.1, -0.05) is 6.07 Å². The summed E-state index contributed by atoms with van der Waals surface area (Å²) in [6, 6.07) is 6.48. The van der Waals surface area contributed by atoms with E-state index in [-0.39, 0.29) is 11.9 Å². The van der Waals surface area contributed by atoms with Gasteiger partial charge < -0.3 is 4.74 Å². The minimum atomic E-state index is -0.324. The molecule has 0 saturated carbocycles. The summed E-state index contributed by atoms with van der Waals surface area (Å²) in [6.07, 6.45) is 0.623. The van der Waals surface area contributed by atoms with Crippen LogP contribution in [0.3, 0.4) is 0 Å². The topological polar surface area (TPSA) is 47.3 Å². The van der Waals surface area contributed by atoms with Gasteiger partial charge in [-0.25, -0.2) is 4.39 Å². The number of hydrogen-bond donors (Lipinski definition) is 2. The Hall–Kier alpha value is -0.950. The van der Waals surface area contributed by atoms with Crippen LogP contribution >= 0.6 is 27.3 Å². The van der Waals surface area contributed by atoms with E-state index in [0.29, 0.717) is 17.7 Å². The first kappa shape index (κ1) is 14.5. The van der Waals surface area contributed by atoms with Gasteiger partial charge in [-0.05, 0) is 33.4 Å². The first-order valence-electron chi connectivity index (χ1n) is 5.67. The molecule has 0 bridgehead atoms. The highest BCUT2D eigenvalue weighted by atomic mass is 79.9. The lowest BCUT2D eigenvalue weighted by Gasteiger charge is -2.17. The summed E-state index contributed by atoms with van der Waals surface area (Å²) >= 11 is 5.08. The molecule has 2 rings (SSSR count). The fourth-order valence-electron chi connectivity index (χ4n) is 1.83. The molecular weight excluding hydrogens is 331 g/mol. The summed E-state index contributed by atoms with van der Waals surface area (Å²) in [7, 11) is 1.51. The maximum absolute atomic E-state index is 14.0. The SMILES string of the molecule is COc1ccc(C(Cc2sccc2Br)NN)c(F)c1. The van der Waals surface area contributed by atoms with Crippen LogP contribution in [-0.4, -0.2) is 7.11 Å². The molecule has 19 heavy (non-hydrogen) atoms. The van der Waals surface area contributed by atoms with E-state index in [1.165, 1.54) is 13.2 Å². The van der Waals surface area contributed by atoms with Crippen molar-refractivity contribution in [2.75, 3.05) is 7.11 Å². The fraction of sp³-hybridized carbons (Fsp3) is 0.231. The van der Waals surface area contributed by atoms with E-state index >= 15 is 0 Å². The quantitative estimate of drug-likeness (QED) is 0.645. The van der Waals surface area contributed by atoms with Gasteiger partial charge in [-0.3, -0.25) is 11.3 Å². The molecule has 1 atom stereocenters. The molecule has 0 spiro atoms. The number of ether oxygens (including phenoxy) is 1. The third kappa shape index (κ3) is 3.33. The number of methoxy groups -OCH3 is 1. The Labute approximate surface area is 123 Å². The summed E-state index contributed by atoms with van der Waals surface area (Å²) in [4.78, 5) is 1.12. The second kappa shape index (κ2) is 6.47. The standard InChI is InChI=1S/C13H14BrFN2OS/c1-18-8-2-3-9(11(15)6-8)12(17-16)7-13-10(14)4-5-19-13/h2-6,12,17H,7,16H2,1H3. The summed E-state index contributed by atoms with van der Waals surface area (Å²) in [5, 5.41) is 1.98. The third-order valence-corrected chi connectivity index (χ3v) is 4.81. The van der Waals surface area contributed by atoms with Crippen LogP contribution in [0.4, 0.5) is 4.39 Å². The zero-order valence-electron chi connectivity index (χ0n) is 10.3. The molecule has 0 aliphatic carbocycles. The van der Waals surface area contributed by atoms with Gasteiger partial charge in [0.15, 0.2) is 0 Å². The van der Waals surface area contributed by atoms with E-state index in [1.54, 1.807) is 23.5 Å². The minimum Gasteiger partial charge on any atom is -0.497 e. The van der Waals surface area contributed by atoms with Gasteiger partial charge in [0.25, 0.3) is 0 Å². The smallest absolute Gasteiger partial charge is 0.131 e. The van der Waals surface area contributed by atoms with E-state index in [1.807, 2.05) is 11.4 Å². The Morgan fingerprint density at radius 2 is 2.26 bits per heavy atom. The Morgan fingerprint density at radius 1 is 1.47 bits per heavy atom. The van der Waals surface area contributed by atoms with Crippen molar-refractivity contribution < 1.29 is 9.13 Å². The molecule has 2 aromatic rings. The lowest BCUT2D eigenvalue weighted by molar-refractivity contribution is 0.409. The Kier molecular flexibility index (Phi) is 4.93. The third-order valence-electron chi connectivity index (χ3n) is 2.86. The summed E-state index contributed by atoms with van der Waals surface area (Å²) in [5.41, 5.74) is 3.20. The van der Waals surface area contributed by atoms with Crippen LogP contribution < -0.4 is 16.0 Å².